The zero-order valence-corrected chi connectivity index (χ0v) is 35.8. The lowest BCUT2D eigenvalue weighted by Gasteiger charge is -2.22. The van der Waals surface area contributed by atoms with Gasteiger partial charge >= 0.3 is 0 Å². The molecule has 0 aliphatic rings. The van der Waals surface area contributed by atoms with Crippen LogP contribution in [0.25, 0.3) is 0 Å². The highest BCUT2D eigenvalue weighted by molar-refractivity contribution is 7.85. The van der Waals surface area contributed by atoms with Crippen LogP contribution in [0.2, 0.25) is 0 Å². The lowest BCUT2D eigenvalue weighted by atomic mass is 10.0. The van der Waals surface area contributed by atoms with Crippen molar-refractivity contribution in [3.8, 4) is 0 Å². The number of carbonyl (C=O) groups excluding carboxylic acids is 1. The maximum atomic E-state index is 12.6. The van der Waals surface area contributed by atoms with Crippen LogP contribution in [-0.2, 0) is 14.9 Å². The Labute approximate surface area is 333 Å². The zero-order valence-electron chi connectivity index (χ0n) is 35.0. The number of rotatable bonds is 40. The van der Waals surface area contributed by atoms with Gasteiger partial charge in [-0.3, -0.25) is 9.35 Å². The Morgan fingerprint density at radius 3 is 1.37 bits per heavy atom. The predicted octanol–water partition coefficient (Wildman–Crippen LogP) is 12.4. The molecule has 0 aromatic carbocycles. The second kappa shape index (κ2) is 39.5. The van der Waals surface area contributed by atoms with Crippen molar-refractivity contribution in [3.63, 3.8) is 0 Å². The van der Waals surface area contributed by atoms with Crippen molar-refractivity contribution in [3.05, 3.63) is 48.6 Å². The fourth-order valence-electron chi connectivity index (χ4n) is 6.64. The number of aliphatic hydroxyl groups excluding tert-OH is 2. The van der Waals surface area contributed by atoms with Gasteiger partial charge in [-0.2, -0.15) is 8.42 Å². The summed E-state index contributed by atoms with van der Waals surface area (Å²) >= 11 is 0. The Kier molecular flexibility index (Phi) is 38.2. The average Bonchev–Trinajstić information content (AvgIpc) is 3.14. The topological polar surface area (TPSA) is 124 Å². The molecule has 316 valence electrons. The van der Waals surface area contributed by atoms with Crippen LogP contribution in [0.1, 0.15) is 213 Å². The zero-order chi connectivity index (χ0) is 39.8. The Bertz CT molecular complexity index is 1050. The van der Waals surface area contributed by atoms with E-state index in [1.165, 1.54) is 147 Å². The molecule has 0 heterocycles. The second-order valence-corrected chi connectivity index (χ2v) is 17.0. The molecule has 0 bridgehead atoms. The molecular weight excluding hydrogens is 695 g/mol. The molecule has 0 aliphatic heterocycles. The molecule has 1 amide bonds. The predicted molar refractivity (Wildman–Crippen MR) is 231 cm³/mol. The molecule has 0 saturated carbocycles. The number of allylic oxidation sites excluding steroid dienone is 7. The molecule has 0 aromatic rings. The molecule has 0 radical (unpaired) electrons. The standard InChI is InChI=1S/C46H85NO6S/c1-3-5-7-9-11-13-15-17-19-21-23-25-26-28-30-32-34-36-38-40-44(48)43(42-54(51,52)53)47-46(50)45(49)41-39-37-35-33-31-29-27-24-22-20-18-16-14-12-10-8-6-4-2/h12,14,16,18,30,32,38,40,43-45,48-49H,3-11,13,15,17,19-29,31,33-37,39,41-42H2,1-2H3,(H,47,50)(H,51,52,53)/b14-12-,18-16-,32-30+,40-38+. The van der Waals surface area contributed by atoms with E-state index in [1.54, 1.807) is 6.08 Å². The molecule has 0 spiro atoms. The van der Waals surface area contributed by atoms with Gasteiger partial charge in [0.2, 0.25) is 5.91 Å². The van der Waals surface area contributed by atoms with Gasteiger partial charge < -0.3 is 15.5 Å². The van der Waals surface area contributed by atoms with E-state index >= 15 is 0 Å². The monoisotopic (exact) mass is 780 g/mol. The molecule has 0 rings (SSSR count). The van der Waals surface area contributed by atoms with Crippen molar-refractivity contribution in [2.75, 3.05) is 5.75 Å². The highest BCUT2D eigenvalue weighted by Crippen LogP contribution is 2.15. The summed E-state index contributed by atoms with van der Waals surface area (Å²) in [6, 6.07) is -1.25. The van der Waals surface area contributed by atoms with E-state index in [1.807, 2.05) is 0 Å². The van der Waals surface area contributed by atoms with E-state index in [0.29, 0.717) is 12.8 Å². The average molecular weight is 780 g/mol. The first-order valence-corrected chi connectivity index (χ1v) is 24.1. The van der Waals surface area contributed by atoms with Crippen molar-refractivity contribution < 1.29 is 28.0 Å². The van der Waals surface area contributed by atoms with Crippen molar-refractivity contribution in [2.24, 2.45) is 0 Å². The highest BCUT2D eigenvalue weighted by atomic mass is 32.2. The number of carbonyl (C=O) groups is 1. The second-order valence-electron chi connectivity index (χ2n) is 15.5. The number of amides is 1. The normalized spacial score (nSPS) is 14.2. The fraction of sp³-hybridized carbons (Fsp3) is 0.804. The van der Waals surface area contributed by atoms with Crippen LogP contribution in [0, 0.1) is 0 Å². The molecule has 3 unspecified atom stereocenters. The van der Waals surface area contributed by atoms with Crippen molar-refractivity contribution in [2.45, 2.75) is 231 Å². The van der Waals surface area contributed by atoms with Crippen LogP contribution in [0.4, 0.5) is 0 Å². The van der Waals surface area contributed by atoms with Crippen molar-refractivity contribution in [1.82, 2.24) is 5.32 Å². The third-order valence-corrected chi connectivity index (χ3v) is 10.9. The summed E-state index contributed by atoms with van der Waals surface area (Å²) in [4.78, 5) is 12.6. The Hall–Kier alpha value is -1.74. The smallest absolute Gasteiger partial charge is 0.267 e. The summed E-state index contributed by atoms with van der Waals surface area (Å²) in [7, 11) is -4.46. The number of aliphatic hydroxyl groups is 2. The van der Waals surface area contributed by atoms with Crippen LogP contribution in [0.5, 0.6) is 0 Å². The molecule has 4 N–H and O–H groups in total. The van der Waals surface area contributed by atoms with Gasteiger partial charge in [-0.05, 0) is 57.8 Å². The first kappa shape index (κ1) is 52.3. The van der Waals surface area contributed by atoms with Gasteiger partial charge in [0.1, 0.15) is 6.10 Å². The van der Waals surface area contributed by atoms with Gasteiger partial charge in [0.05, 0.1) is 17.9 Å². The summed E-state index contributed by atoms with van der Waals surface area (Å²) in [5.41, 5.74) is 0. The number of nitrogens with one attached hydrogen (secondary N) is 1. The quantitative estimate of drug-likeness (QED) is 0.0212. The van der Waals surface area contributed by atoms with Crippen molar-refractivity contribution in [1.29, 1.82) is 0 Å². The van der Waals surface area contributed by atoms with Gasteiger partial charge in [0.15, 0.2) is 0 Å². The third-order valence-electron chi connectivity index (χ3n) is 10.1. The van der Waals surface area contributed by atoms with E-state index in [4.69, 9.17) is 0 Å². The van der Waals surface area contributed by atoms with Gasteiger partial charge in [0.25, 0.3) is 10.1 Å². The van der Waals surface area contributed by atoms with E-state index in [-0.39, 0.29) is 6.42 Å². The molecule has 3 atom stereocenters. The fourth-order valence-corrected chi connectivity index (χ4v) is 7.37. The summed E-state index contributed by atoms with van der Waals surface area (Å²) in [5, 5.41) is 23.4. The molecule has 0 fully saturated rings. The SMILES string of the molecule is CCCCC/C=C\C=C/CCCCCCCCCCCC(O)C(=O)NC(CS(=O)(=O)O)C(O)/C=C/CC/C=C/CCCCCCCCCCCCCCC. The molecule has 0 saturated heterocycles. The molecule has 0 aromatic heterocycles. The number of unbranched alkanes of at least 4 members (excludes halogenated alkanes) is 26. The molecule has 0 aliphatic carbocycles. The molecule has 54 heavy (non-hydrogen) atoms. The minimum atomic E-state index is -4.46. The van der Waals surface area contributed by atoms with E-state index in [9.17, 15) is 28.0 Å². The number of hydrogen-bond acceptors (Lipinski definition) is 5. The highest BCUT2D eigenvalue weighted by Gasteiger charge is 2.27. The maximum absolute atomic E-state index is 12.6. The van der Waals surface area contributed by atoms with E-state index < -0.39 is 40.0 Å². The lowest BCUT2D eigenvalue weighted by molar-refractivity contribution is -0.130. The Morgan fingerprint density at radius 1 is 0.519 bits per heavy atom. The number of hydrogen-bond donors (Lipinski definition) is 4. The van der Waals surface area contributed by atoms with Gasteiger partial charge in [-0.25, -0.2) is 0 Å². The van der Waals surface area contributed by atoms with Crippen molar-refractivity contribution >= 4 is 16.0 Å². The summed E-state index contributed by atoms with van der Waals surface area (Å²) in [6.45, 7) is 4.49. The third kappa shape index (κ3) is 38.5. The van der Waals surface area contributed by atoms with Gasteiger partial charge in [-0.15, -0.1) is 0 Å². The van der Waals surface area contributed by atoms with Crippen LogP contribution < -0.4 is 5.32 Å². The molecular formula is C46H85NO6S. The maximum Gasteiger partial charge on any atom is 0.267 e. The van der Waals surface area contributed by atoms with Crippen LogP contribution in [0.3, 0.4) is 0 Å². The summed E-state index contributed by atoms with van der Waals surface area (Å²) < 4.78 is 32.6. The van der Waals surface area contributed by atoms with E-state index in [0.717, 1.165) is 38.5 Å². The minimum Gasteiger partial charge on any atom is -0.387 e. The Balaban J connectivity index is 4.04. The van der Waals surface area contributed by atoms with Gasteiger partial charge in [0, 0.05) is 0 Å². The lowest BCUT2D eigenvalue weighted by Crippen LogP contribution is -2.50. The van der Waals surface area contributed by atoms with Gasteiger partial charge in [-0.1, -0.05) is 204 Å². The largest absolute Gasteiger partial charge is 0.387 e. The Morgan fingerprint density at radius 2 is 0.889 bits per heavy atom. The summed E-state index contributed by atoms with van der Waals surface area (Å²) in [6.07, 6.45) is 50.2. The van der Waals surface area contributed by atoms with E-state index in [2.05, 4.69) is 55.6 Å². The van der Waals surface area contributed by atoms with Crippen LogP contribution in [0.15, 0.2) is 48.6 Å². The van der Waals surface area contributed by atoms with Crippen LogP contribution in [-0.4, -0.2) is 53.1 Å². The first-order valence-electron chi connectivity index (χ1n) is 22.5. The molecule has 7 nitrogen and oxygen atoms in total. The summed E-state index contributed by atoms with van der Waals surface area (Å²) in [5.74, 6) is -1.56. The minimum absolute atomic E-state index is 0.267. The van der Waals surface area contributed by atoms with Crippen LogP contribution >= 0.6 is 0 Å². The first-order chi connectivity index (χ1) is 26.2. The molecule has 8 heteroatoms.